The second-order valence-electron chi connectivity index (χ2n) is 11.4. The molecule has 1 aliphatic carbocycles. The monoisotopic (exact) mass is 538 g/mol. The summed E-state index contributed by atoms with van der Waals surface area (Å²) in [5.41, 5.74) is 7.25. The van der Waals surface area contributed by atoms with Gasteiger partial charge in [0.25, 0.3) is 0 Å². The van der Waals surface area contributed by atoms with Crippen molar-refractivity contribution in [1.82, 2.24) is 19.9 Å². The maximum Gasteiger partial charge on any atom is 0.228 e. The molecule has 0 spiro atoms. The molecule has 4 aromatic rings. The van der Waals surface area contributed by atoms with Gasteiger partial charge in [0.1, 0.15) is 11.3 Å². The first-order valence-corrected chi connectivity index (χ1v) is 14.9. The number of carbonyl (C=O) groups is 1. The predicted octanol–water partition coefficient (Wildman–Crippen LogP) is 6.56. The van der Waals surface area contributed by atoms with Crippen LogP contribution in [0.25, 0.3) is 11.2 Å². The van der Waals surface area contributed by atoms with Crippen LogP contribution in [0.3, 0.4) is 0 Å². The van der Waals surface area contributed by atoms with Gasteiger partial charge in [0.2, 0.25) is 5.91 Å². The van der Waals surface area contributed by atoms with E-state index in [1.165, 1.54) is 5.56 Å². The van der Waals surface area contributed by atoms with Crippen molar-refractivity contribution in [3.05, 3.63) is 94.4 Å². The van der Waals surface area contributed by atoms with Crippen molar-refractivity contribution in [3.8, 4) is 0 Å². The van der Waals surface area contributed by atoms with Crippen LogP contribution in [-0.2, 0) is 17.8 Å². The number of aliphatic hydroxyl groups is 1. The minimum absolute atomic E-state index is 0.000147. The van der Waals surface area contributed by atoms with E-state index in [1.54, 1.807) is 0 Å². The van der Waals surface area contributed by atoms with Gasteiger partial charge in [-0.25, -0.2) is 9.97 Å². The van der Waals surface area contributed by atoms with Crippen LogP contribution in [0, 0.1) is 19.8 Å². The second-order valence-corrected chi connectivity index (χ2v) is 11.4. The minimum atomic E-state index is -0.410. The Morgan fingerprint density at radius 2 is 1.75 bits per heavy atom. The molecule has 0 unspecified atom stereocenters. The number of hydrogen-bond acceptors (Lipinski definition) is 4. The van der Waals surface area contributed by atoms with E-state index in [0.717, 1.165) is 84.3 Å². The van der Waals surface area contributed by atoms with Gasteiger partial charge in [0, 0.05) is 12.1 Å². The topological polar surface area (TPSA) is 80.0 Å². The van der Waals surface area contributed by atoms with Gasteiger partial charge in [-0.1, -0.05) is 80.8 Å². The maximum absolute atomic E-state index is 13.7. The molecule has 2 N–H and O–H groups in total. The van der Waals surface area contributed by atoms with Gasteiger partial charge < -0.3 is 15.0 Å². The molecule has 6 nitrogen and oxygen atoms in total. The Bertz CT molecular complexity index is 1420. The molecule has 210 valence electrons. The molecule has 0 radical (unpaired) electrons. The molecule has 0 bridgehead atoms. The number of carbonyl (C=O) groups excluding carboxylic acids is 1. The second kappa shape index (κ2) is 12.8. The lowest BCUT2D eigenvalue weighted by Gasteiger charge is -2.26. The number of rotatable bonds is 11. The van der Waals surface area contributed by atoms with Crippen molar-refractivity contribution in [1.29, 1.82) is 0 Å². The molecule has 1 fully saturated rings. The largest absolute Gasteiger partial charge is 0.394 e. The summed E-state index contributed by atoms with van der Waals surface area (Å²) in [7, 11) is 0. The van der Waals surface area contributed by atoms with Crippen LogP contribution in [0.4, 0.5) is 0 Å². The number of pyridine rings is 1. The number of hydrogen-bond donors (Lipinski definition) is 2. The lowest BCUT2D eigenvalue weighted by Crippen LogP contribution is -2.37. The number of fused-ring (bicyclic) bond motifs is 1. The van der Waals surface area contributed by atoms with E-state index in [0.29, 0.717) is 12.5 Å². The lowest BCUT2D eigenvalue weighted by molar-refractivity contribution is -0.124. The summed E-state index contributed by atoms with van der Waals surface area (Å²) in [6.45, 7) is 6.93. The first-order valence-electron chi connectivity index (χ1n) is 14.9. The van der Waals surface area contributed by atoms with Crippen LogP contribution in [0.5, 0.6) is 0 Å². The van der Waals surface area contributed by atoms with Gasteiger partial charge >= 0.3 is 0 Å². The van der Waals surface area contributed by atoms with Crippen molar-refractivity contribution in [2.75, 3.05) is 6.61 Å². The van der Waals surface area contributed by atoms with E-state index in [2.05, 4.69) is 54.1 Å². The van der Waals surface area contributed by atoms with Gasteiger partial charge in [0.15, 0.2) is 5.65 Å². The molecule has 1 amide bonds. The number of aryl methyl sites for hydroxylation is 3. The average Bonchev–Trinajstić information content (AvgIpc) is 3.61. The number of aromatic nitrogens is 3. The summed E-state index contributed by atoms with van der Waals surface area (Å²) in [5.74, 6) is 1.17. The fraction of sp³-hybridized carbons (Fsp3) is 0.441. The van der Waals surface area contributed by atoms with Gasteiger partial charge in [-0.3, -0.25) is 4.79 Å². The van der Waals surface area contributed by atoms with Crippen molar-refractivity contribution < 1.29 is 9.90 Å². The Balaban J connectivity index is 1.41. The lowest BCUT2D eigenvalue weighted by atomic mass is 9.83. The van der Waals surface area contributed by atoms with Crippen molar-refractivity contribution in [2.24, 2.45) is 5.92 Å². The summed E-state index contributed by atoms with van der Waals surface area (Å²) in [6.07, 6.45) is 7.58. The highest BCUT2D eigenvalue weighted by Crippen LogP contribution is 2.38. The molecule has 1 aliphatic rings. The number of amides is 1. The van der Waals surface area contributed by atoms with Gasteiger partial charge in [0.05, 0.1) is 25.1 Å². The van der Waals surface area contributed by atoms with Crippen LogP contribution >= 0.6 is 0 Å². The molecule has 40 heavy (non-hydrogen) atoms. The average molecular weight is 539 g/mol. The van der Waals surface area contributed by atoms with Crippen molar-refractivity contribution in [3.63, 3.8) is 0 Å². The van der Waals surface area contributed by atoms with Gasteiger partial charge in [-0.05, 0) is 67.3 Å². The summed E-state index contributed by atoms with van der Waals surface area (Å²) >= 11 is 0. The summed E-state index contributed by atoms with van der Waals surface area (Å²) in [4.78, 5) is 23.6. The molecule has 2 atom stereocenters. The van der Waals surface area contributed by atoms with Crippen LogP contribution < -0.4 is 5.32 Å². The summed E-state index contributed by atoms with van der Waals surface area (Å²) in [5, 5.41) is 13.2. The van der Waals surface area contributed by atoms with Crippen LogP contribution in [0.1, 0.15) is 91.2 Å². The van der Waals surface area contributed by atoms with E-state index in [4.69, 9.17) is 9.97 Å². The molecule has 0 aliphatic heterocycles. The molecule has 0 saturated heterocycles. The fourth-order valence-electron chi connectivity index (χ4n) is 6.26. The highest BCUT2D eigenvalue weighted by molar-refractivity contribution is 5.84. The molecule has 5 rings (SSSR count). The van der Waals surface area contributed by atoms with Gasteiger partial charge in [-0.15, -0.1) is 0 Å². The van der Waals surface area contributed by atoms with E-state index in [9.17, 15) is 9.90 Å². The minimum Gasteiger partial charge on any atom is -0.394 e. The third-order valence-electron chi connectivity index (χ3n) is 8.39. The Morgan fingerprint density at radius 3 is 2.42 bits per heavy atom. The van der Waals surface area contributed by atoms with E-state index in [1.807, 2.05) is 37.3 Å². The molecular formula is C34H42N4O2. The zero-order chi connectivity index (χ0) is 28.1. The number of nitrogens with one attached hydrogen (secondary N) is 1. The zero-order valence-electron chi connectivity index (χ0n) is 24.1. The number of nitrogens with zero attached hydrogens (tertiary/aromatic N) is 3. The zero-order valence-corrected chi connectivity index (χ0v) is 24.1. The van der Waals surface area contributed by atoms with Crippen LogP contribution in [-0.4, -0.2) is 32.2 Å². The standard InChI is InChI=1S/C34H42N4O2/c1-4-5-15-30-37-32-23(2)20-24(3)35-33(32)38(30)21-25-16-18-28(19-17-25)31(27-13-9-10-14-27)34(40)36-29(22-39)26-11-7-6-8-12-26/h6-8,11-12,16-20,27,29,31,39H,4-5,9-10,13-15,21-22H2,1-3H3,(H,36,40)/t29-,31-/m0/s1. The van der Waals surface area contributed by atoms with Crippen LogP contribution in [0.15, 0.2) is 60.7 Å². The van der Waals surface area contributed by atoms with E-state index < -0.39 is 6.04 Å². The van der Waals surface area contributed by atoms with Crippen molar-refractivity contribution in [2.45, 2.75) is 84.2 Å². The molecule has 1 saturated carbocycles. The Hall–Kier alpha value is -3.51. The highest BCUT2D eigenvalue weighted by Gasteiger charge is 2.33. The normalized spacial score (nSPS) is 15.4. The number of benzene rings is 2. The Labute approximate surface area is 237 Å². The molecule has 2 aromatic carbocycles. The Kier molecular flexibility index (Phi) is 8.95. The highest BCUT2D eigenvalue weighted by atomic mass is 16.3. The number of aliphatic hydroxyl groups excluding tert-OH is 1. The SMILES string of the molecule is CCCCc1nc2c(C)cc(C)nc2n1Cc1ccc([C@@H](C(=O)N[C@@H](CO)c2ccccc2)C2CCCC2)cc1. The Morgan fingerprint density at radius 1 is 1.02 bits per heavy atom. The third kappa shape index (κ3) is 6.12. The number of unbranched alkanes of at least 4 members (excludes halogenated alkanes) is 1. The summed E-state index contributed by atoms with van der Waals surface area (Å²) < 4.78 is 2.27. The van der Waals surface area contributed by atoms with Gasteiger partial charge in [-0.2, -0.15) is 0 Å². The molecule has 6 heteroatoms. The first kappa shape index (κ1) is 28.0. The number of imidazole rings is 1. The summed E-state index contributed by atoms with van der Waals surface area (Å²) in [6, 6.07) is 20.0. The van der Waals surface area contributed by atoms with Crippen molar-refractivity contribution >= 4 is 17.1 Å². The predicted molar refractivity (Wildman–Crippen MR) is 160 cm³/mol. The van der Waals surface area contributed by atoms with E-state index >= 15 is 0 Å². The third-order valence-corrected chi connectivity index (χ3v) is 8.39. The molecule has 2 heterocycles. The molecular weight excluding hydrogens is 496 g/mol. The first-order chi connectivity index (χ1) is 19.5. The quantitative estimate of drug-likeness (QED) is 0.227. The van der Waals surface area contributed by atoms with E-state index in [-0.39, 0.29) is 18.4 Å². The molecule has 2 aromatic heterocycles. The van der Waals surface area contributed by atoms with Crippen LogP contribution in [0.2, 0.25) is 0 Å². The fourth-order valence-corrected chi connectivity index (χ4v) is 6.26. The maximum atomic E-state index is 13.7. The smallest absolute Gasteiger partial charge is 0.228 e.